The van der Waals surface area contributed by atoms with Gasteiger partial charge in [0.25, 0.3) is 11.8 Å². The van der Waals surface area contributed by atoms with E-state index in [0.717, 1.165) is 84.2 Å². The summed E-state index contributed by atoms with van der Waals surface area (Å²) in [6.07, 6.45) is 6.60. The van der Waals surface area contributed by atoms with E-state index in [9.17, 15) is 19.2 Å². The number of fused-ring (bicyclic) bond motifs is 3. The van der Waals surface area contributed by atoms with Gasteiger partial charge in [-0.25, -0.2) is 4.98 Å². The van der Waals surface area contributed by atoms with E-state index in [0.29, 0.717) is 41.9 Å². The van der Waals surface area contributed by atoms with Gasteiger partial charge in [0.1, 0.15) is 11.9 Å². The van der Waals surface area contributed by atoms with Crippen LogP contribution in [-0.2, 0) is 22.7 Å². The molecule has 0 radical (unpaired) electrons. The van der Waals surface area contributed by atoms with Gasteiger partial charge in [0, 0.05) is 89.7 Å². The lowest BCUT2D eigenvalue weighted by Crippen LogP contribution is -2.52. The van der Waals surface area contributed by atoms with Crippen LogP contribution in [0, 0.1) is 12.8 Å². The summed E-state index contributed by atoms with van der Waals surface area (Å²) in [7, 11) is 2.16. The lowest BCUT2D eigenvalue weighted by atomic mass is 9.95. The van der Waals surface area contributed by atoms with Crippen LogP contribution in [0.1, 0.15) is 82.2 Å². The molecule has 7 heterocycles. The molecule has 2 aromatic carbocycles. The Kier molecular flexibility index (Phi) is 8.25. The number of imide groups is 1. The third-order valence-electron chi connectivity index (χ3n) is 11.8. The monoisotopic (exact) mass is 713 g/mol. The number of H-pyrrole nitrogens is 1. The van der Waals surface area contributed by atoms with Crippen molar-refractivity contribution in [3.8, 4) is 0 Å². The largest absolute Gasteiger partial charge is 0.371 e. The van der Waals surface area contributed by atoms with E-state index in [4.69, 9.17) is 5.10 Å². The third-order valence-corrected chi connectivity index (χ3v) is 11.8. The molecule has 4 aliphatic rings. The maximum Gasteiger partial charge on any atom is 0.256 e. The van der Waals surface area contributed by atoms with E-state index >= 15 is 0 Å². The molecule has 0 saturated carbocycles. The number of pyridine rings is 1. The molecule has 5 aromatic rings. The number of aromatic amines is 1. The first-order chi connectivity index (χ1) is 25.7. The van der Waals surface area contributed by atoms with Gasteiger partial charge in [-0.2, -0.15) is 5.10 Å². The number of anilines is 2. The molecule has 3 saturated heterocycles. The molecule has 3 fully saturated rings. The summed E-state index contributed by atoms with van der Waals surface area (Å²) in [5, 5.41) is 12.3. The van der Waals surface area contributed by atoms with Crippen LogP contribution < -0.4 is 15.5 Å². The zero-order chi connectivity index (χ0) is 36.4. The molecule has 9 rings (SSSR count). The topological polar surface area (TPSA) is 149 Å². The molecule has 13 heteroatoms. The molecule has 4 aliphatic heterocycles. The first kappa shape index (κ1) is 33.3. The minimum atomic E-state index is -0.632. The molecule has 0 bridgehead atoms. The Morgan fingerprint density at radius 2 is 1.83 bits per heavy atom. The number of carbonyl (C=O) groups is 4. The van der Waals surface area contributed by atoms with Crippen LogP contribution >= 0.6 is 0 Å². The number of benzene rings is 2. The average molecular weight is 714 g/mol. The lowest BCUT2D eigenvalue weighted by Gasteiger charge is -2.35. The zero-order valence-corrected chi connectivity index (χ0v) is 30.0. The molecule has 1 unspecified atom stereocenters. The number of piperidine rings is 2. The van der Waals surface area contributed by atoms with Gasteiger partial charge in [0.05, 0.1) is 16.7 Å². The van der Waals surface area contributed by atoms with Crippen LogP contribution in [0.25, 0.3) is 21.8 Å². The standard InChI is InChI=1S/C40H43N9O4/c1-23-27-9-8-25(38(51)43-36-19-30-26(20-41-36)17-31(42-30)33-7-4-14-46(33)2)18-35(27)49(45-23)21-24-12-15-47(16-13-24)32-6-3-5-28-29(32)22-48(40(28)53)34-10-11-37(50)44-39(34)52/h3,5-6,8-9,17-20,24,33-34,42H,4,7,10-16,21-22H2,1-2H3,(H,41,43,51)(H,44,50,52)/t33-,34?/m1/s1. The van der Waals surface area contributed by atoms with Crippen LogP contribution in [-0.4, -0.2) is 85.9 Å². The van der Waals surface area contributed by atoms with Crippen LogP contribution in [0.3, 0.4) is 0 Å². The second-order valence-corrected chi connectivity index (χ2v) is 15.1. The molecule has 3 N–H and O–H groups in total. The highest BCUT2D eigenvalue weighted by Gasteiger charge is 2.40. The van der Waals surface area contributed by atoms with Gasteiger partial charge in [0.15, 0.2) is 0 Å². The quantitative estimate of drug-likeness (QED) is 0.202. The average Bonchev–Trinajstić information content (AvgIpc) is 3.93. The maximum absolute atomic E-state index is 13.5. The van der Waals surface area contributed by atoms with E-state index in [2.05, 4.69) is 49.6 Å². The fourth-order valence-corrected chi connectivity index (χ4v) is 8.87. The molecule has 2 atom stereocenters. The van der Waals surface area contributed by atoms with Crippen molar-refractivity contribution in [3.05, 3.63) is 82.8 Å². The fraction of sp³-hybridized carbons (Fsp3) is 0.400. The highest BCUT2D eigenvalue weighted by molar-refractivity contribution is 6.07. The van der Waals surface area contributed by atoms with Gasteiger partial charge in [-0.3, -0.25) is 34.1 Å². The Balaban J connectivity index is 0.866. The van der Waals surface area contributed by atoms with Crippen LogP contribution in [0.5, 0.6) is 0 Å². The smallest absolute Gasteiger partial charge is 0.256 e. The summed E-state index contributed by atoms with van der Waals surface area (Å²) in [4.78, 5) is 65.6. The third kappa shape index (κ3) is 6.02. The van der Waals surface area contributed by atoms with Crippen molar-refractivity contribution < 1.29 is 19.2 Å². The molecule has 272 valence electrons. The molecular formula is C40H43N9O4. The minimum Gasteiger partial charge on any atom is -0.371 e. The molecule has 0 aliphatic carbocycles. The Morgan fingerprint density at radius 1 is 0.981 bits per heavy atom. The molecule has 13 nitrogen and oxygen atoms in total. The van der Waals surface area contributed by atoms with E-state index < -0.39 is 11.9 Å². The normalized spacial score (nSPS) is 21.2. The van der Waals surface area contributed by atoms with E-state index in [-0.39, 0.29) is 24.1 Å². The molecular weight excluding hydrogens is 670 g/mol. The van der Waals surface area contributed by atoms with Gasteiger partial charge in [-0.1, -0.05) is 12.1 Å². The first-order valence-electron chi connectivity index (χ1n) is 18.7. The lowest BCUT2D eigenvalue weighted by molar-refractivity contribution is -0.136. The van der Waals surface area contributed by atoms with Gasteiger partial charge in [0.2, 0.25) is 11.8 Å². The summed E-state index contributed by atoms with van der Waals surface area (Å²) in [5.74, 6) is -0.168. The number of hydrogen-bond acceptors (Lipinski definition) is 8. The van der Waals surface area contributed by atoms with Crippen molar-refractivity contribution in [2.75, 3.05) is 36.9 Å². The zero-order valence-electron chi connectivity index (χ0n) is 30.0. The number of likely N-dealkylation sites (tertiary alicyclic amines) is 1. The predicted octanol–water partition coefficient (Wildman–Crippen LogP) is 4.92. The summed E-state index contributed by atoms with van der Waals surface area (Å²) in [6, 6.07) is 15.4. The summed E-state index contributed by atoms with van der Waals surface area (Å²) in [6.45, 7) is 5.86. The van der Waals surface area contributed by atoms with Gasteiger partial charge >= 0.3 is 0 Å². The van der Waals surface area contributed by atoms with Crippen molar-refractivity contribution >= 4 is 56.9 Å². The van der Waals surface area contributed by atoms with Gasteiger partial charge in [-0.05, 0) is 88.9 Å². The first-order valence-corrected chi connectivity index (χ1v) is 18.7. The molecule has 4 amide bonds. The van der Waals surface area contributed by atoms with Crippen LogP contribution in [0.4, 0.5) is 11.5 Å². The number of aromatic nitrogens is 4. The van der Waals surface area contributed by atoms with Crippen molar-refractivity contribution in [2.45, 2.75) is 70.6 Å². The molecule has 0 spiro atoms. The van der Waals surface area contributed by atoms with E-state index in [1.165, 1.54) is 12.1 Å². The number of carbonyl (C=O) groups excluding carboxylic acids is 4. The summed E-state index contributed by atoms with van der Waals surface area (Å²) < 4.78 is 2.04. The Labute approximate surface area is 306 Å². The van der Waals surface area contributed by atoms with Crippen LogP contribution in [0.15, 0.2) is 54.7 Å². The highest BCUT2D eigenvalue weighted by atomic mass is 16.2. The Hall–Kier alpha value is -5.56. The van der Waals surface area contributed by atoms with Crippen molar-refractivity contribution in [3.63, 3.8) is 0 Å². The molecule has 53 heavy (non-hydrogen) atoms. The number of rotatable bonds is 7. The Morgan fingerprint density at radius 3 is 2.62 bits per heavy atom. The second kappa shape index (κ2) is 13.1. The second-order valence-electron chi connectivity index (χ2n) is 15.1. The Bertz CT molecular complexity index is 2300. The van der Waals surface area contributed by atoms with Crippen LogP contribution in [0.2, 0.25) is 0 Å². The number of hydrogen-bond donors (Lipinski definition) is 3. The summed E-state index contributed by atoms with van der Waals surface area (Å²) >= 11 is 0. The predicted molar refractivity (Wildman–Crippen MR) is 201 cm³/mol. The number of aryl methyl sites for hydroxylation is 1. The molecule has 3 aromatic heterocycles. The number of nitrogens with zero attached hydrogens (tertiary/aromatic N) is 6. The van der Waals surface area contributed by atoms with Crippen molar-refractivity contribution in [1.82, 2.24) is 34.9 Å². The SMILES string of the molecule is Cc1nn(CC2CCN(c3cccc4c3CN(C3CCC(=O)NC3=O)C4=O)CC2)c2cc(C(=O)Nc3cc4[nH]c([C@H]5CCCN5C)cc4cn3)ccc12. The minimum absolute atomic E-state index is 0.153. The van der Waals surface area contributed by atoms with E-state index in [1.807, 2.05) is 54.2 Å². The highest BCUT2D eigenvalue weighted by Crippen LogP contribution is 2.37. The van der Waals surface area contributed by atoms with Crippen molar-refractivity contribution in [1.29, 1.82) is 0 Å². The van der Waals surface area contributed by atoms with Gasteiger partial charge < -0.3 is 20.1 Å². The number of nitrogens with one attached hydrogen (secondary N) is 3. The van der Waals surface area contributed by atoms with Gasteiger partial charge in [-0.15, -0.1) is 0 Å². The van der Waals surface area contributed by atoms with Crippen molar-refractivity contribution in [2.24, 2.45) is 5.92 Å². The summed E-state index contributed by atoms with van der Waals surface area (Å²) in [5.41, 5.74) is 7.17. The number of amides is 4. The van der Waals surface area contributed by atoms with E-state index in [1.54, 1.807) is 4.90 Å². The fourth-order valence-electron chi connectivity index (χ4n) is 8.87. The maximum atomic E-state index is 13.5.